The number of anilines is 1. The van der Waals surface area contributed by atoms with Crippen molar-refractivity contribution in [3.05, 3.63) is 23.8 Å². The van der Waals surface area contributed by atoms with Crippen molar-refractivity contribution >= 4 is 11.6 Å². The molecule has 0 heterocycles. The molecule has 0 atom stereocenters. The molecule has 17 heavy (non-hydrogen) atoms. The van der Waals surface area contributed by atoms with Gasteiger partial charge in [-0.15, -0.1) is 0 Å². The summed E-state index contributed by atoms with van der Waals surface area (Å²) in [5.74, 6) is -0.0987. The predicted octanol–water partition coefficient (Wildman–Crippen LogP) is 0.909. The predicted molar refractivity (Wildman–Crippen MR) is 65.8 cm³/mol. The lowest BCUT2D eigenvalue weighted by molar-refractivity contribution is 0.0996. The lowest BCUT2D eigenvalue weighted by Gasteiger charge is -2.09. The Morgan fingerprint density at radius 3 is 2.71 bits per heavy atom. The van der Waals surface area contributed by atoms with Crippen molar-refractivity contribution in [3.63, 3.8) is 0 Å². The van der Waals surface area contributed by atoms with Crippen LogP contribution < -0.4 is 16.2 Å². The highest BCUT2D eigenvalue weighted by Crippen LogP contribution is 2.21. The number of nitrogens with two attached hydrogens (primary N) is 2. The molecule has 0 unspecified atom stereocenters. The van der Waals surface area contributed by atoms with Crippen LogP contribution in [0.1, 0.15) is 29.6 Å². The summed E-state index contributed by atoms with van der Waals surface area (Å²) in [6, 6.07) is 4.81. The maximum Gasteiger partial charge on any atom is 0.252 e. The molecule has 1 rings (SSSR count). The van der Waals surface area contributed by atoms with E-state index in [1.54, 1.807) is 12.1 Å². The van der Waals surface area contributed by atoms with Crippen LogP contribution in [0.25, 0.3) is 0 Å². The summed E-state index contributed by atoms with van der Waals surface area (Å²) >= 11 is 0. The Kier molecular flexibility index (Phi) is 5.29. The zero-order chi connectivity index (χ0) is 12.7. The van der Waals surface area contributed by atoms with Gasteiger partial charge in [-0.05, 0) is 37.5 Å². The zero-order valence-corrected chi connectivity index (χ0v) is 9.69. The van der Waals surface area contributed by atoms with Crippen LogP contribution in [-0.4, -0.2) is 24.2 Å². The van der Waals surface area contributed by atoms with Crippen molar-refractivity contribution in [3.8, 4) is 5.75 Å². The van der Waals surface area contributed by atoms with Crippen LogP contribution in [0.3, 0.4) is 0 Å². The fourth-order valence-electron chi connectivity index (χ4n) is 1.44. The highest BCUT2D eigenvalue weighted by atomic mass is 16.5. The van der Waals surface area contributed by atoms with E-state index in [0.29, 0.717) is 23.6 Å². The van der Waals surface area contributed by atoms with Crippen molar-refractivity contribution in [2.45, 2.75) is 19.3 Å². The van der Waals surface area contributed by atoms with Gasteiger partial charge in [0.05, 0.1) is 12.2 Å². The number of benzene rings is 1. The molecule has 0 aromatic heterocycles. The molecule has 0 fully saturated rings. The molecule has 94 valence electrons. The van der Waals surface area contributed by atoms with E-state index in [-0.39, 0.29) is 6.61 Å². The number of primary amides is 1. The first-order valence-corrected chi connectivity index (χ1v) is 5.58. The van der Waals surface area contributed by atoms with E-state index in [1.165, 1.54) is 6.07 Å². The van der Waals surface area contributed by atoms with E-state index in [2.05, 4.69) is 0 Å². The van der Waals surface area contributed by atoms with Gasteiger partial charge in [0.2, 0.25) is 0 Å². The Balaban J connectivity index is 2.55. The highest BCUT2D eigenvalue weighted by molar-refractivity contribution is 5.96. The number of rotatable bonds is 7. The van der Waals surface area contributed by atoms with Crippen LogP contribution >= 0.6 is 0 Å². The lowest BCUT2D eigenvalue weighted by atomic mass is 10.1. The third kappa shape index (κ3) is 4.32. The Labute approximate surface area is 100 Å². The minimum atomic E-state index is -0.553. The monoisotopic (exact) mass is 238 g/mol. The first kappa shape index (κ1) is 13.3. The molecule has 0 aliphatic rings. The Morgan fingerprint density at radius 1 is 1.29 bits per heavy atom. The fourth-order valence-corrected chi connectivity index (χ4v) is 1.44. The molecule has 5 nitrogen and oxygen atoms in total. The SMILES string of the molecule is NC(=O)c1cc(N)ccc1OCCCCCO. The van der Waals surface area contributed by atoms with Gasteiger partial charge in [-0.3, -0.25) is 4.79 Å². The number of ether oxygens (including phenoxy) is 1. The molecule has 1 aromatic rings. The van der Waals surface area contributed by atoms with Gasteiger partial charge >= 0.3 is 0 Å². The summed E-state index contributed by atoms with van der Waals surface area (Å²) in [7, 11) is 0. The number of amides is 1. The first-order chi connectivity index (χ1) is 8.15. The highest BCUT2D eigenvalue weighted by Gasteiger charge is 2.09. The maximum absolute atomic E-state index is 11.2. The largest absolute Gasteiger partial charge is 0.493 e. The van der Waals surface area contributed by atoms with E-state index in [1.807, 2.05) is 0 Å². The number of aliphatic hydroxyl groups is 1. The van der Waals surface area contributed by atoms with Crippen LogP contribution in [0.15, 0.2) is 18.2 Å². The number of carbonyl (C=O) groups excluding carboxylic acids is 1. The molecule has 0 spiro atoms. The summed E-state index contributed by atoms with van der Waals surface area (Å²) < 4.78 is 5.46. The third-order valence-electron chi connectivity index (χ3n) is 2.33. The standard InChI is InChI=1S/C12H18N2O3/c13-9-4-5-11(10(8-9)12(14)16)17-7-3-1-2-6-15/h4-5,8,15H,1-3,6-7,13H2,(H2,14,16). The molecule has 0 saturated carbocycles. The topological polar surface area (TPSA) is 98.6 Å². The fraction of sp³-hybridized carbons (Fsp3) is 0.417. The maximum atomic E-state index is 11.2. The Hall–Kier alpha value is -1.75. The van der Waals surface area contributed by atoms with Gasteiger partial charge in [-0.2, -0.15) is 0 Å². The molecule has 0 radical (unpaired) electrons. The Bertz CT molecular complexity index is 380. The van der Waals surface area contributed by atoms with E-state index in [4.69, 9.17) is 21.3 Å². The number of unbranched alkanes of at least 4 members (excludes halogenated alkanes) is 2. The number of nitrogen functional groups attached to an aromatic ring is 1. The van der Waals surface area contributed by atoms with E-state index in [0.717, 1.165) is 19.3 Å². The number of hydrogen-bond donors (Lipinski definition) is 3. The summed E-state index contributed by atoms with van der Waals surface area (Å²) in [6.07, 6.45) is 2.47. The number of carbonyl (C=O) groups is 1. The molecule has 1 aromatic carbocycles. The summed E-state index contributed by atoms with van der Waals surface area (Å²) in [5.41, 5.74) is 11.6. The van der Waals surface area contributed by atoms with Crippen LogP contribution in [0.5, 0.6) is 5.75 Å². The second-order valence-corrected chi connectivity index (χ2v) is 3.75. The van der Waals surface area contributed by atoms with Crippen molar-refractivity contribution in [1.29, 1.82) is 0 Å². The zero-order valence-electron chi connectivity index (χ0n) is 9.69. The van der Waals surface area contributed by atoms with Crippen LogP contribution in [0.4, 0.5) is 5.69 Å². The van der Waals surface area contributed by atoms with Crippen LogP contribution in [0.2, 0.25) is 0 Å². The van der Waals surface area contributed by atoms with Crippen molar-refractivity contribution in [2.75, 3.05) is 18.9 Å². The van der Waals surface area contributed by atoms with Crippen molar-refractivity contribution < 1.29 is 14.6 Å². The van der Waals surface area contributed by atoms with Gasteiger partial charge in [0.25, 0.3) is 5.91 Å². The van der Waals surface area contributed by atoms with Gasteiger partial charge in [-0.1, -0.05) is 0 Å². The second-order valence-electron chi connectivity index (χ2n) is 3.75. The minimum absolute atomic E-state index is 0.189. The molecule has 1 amide bonds. The molecule has 5 N–H and O–H groups in total. The van der Waals surface area contributed by atoms with E-state index >= 15 is 0 Å². The van der Waals surface area contributed by atoms with Gasteiger partial charge in [0.1, 0.15) is 5.75 Å². The molecular formula is C12H18N2O3. The Morgan fingerprint density at radius 2 is 2.06 bits per heavy atom. The molecule has 0 bridgehead atoms. The number of hydrogen-bond acceptors (Lipinski definition) is 4. The molecule has 5 heteroatoms. The summed E-state index contributed by atoms with van der Waals surface area (Å²) in [6.45, 7) is 0.679. The van der Waals surface area contributed by atoms with E-state index in [9.17, 15) is 4.79 Å². The second kappa shape index (κ2) is 6.75. The smallest absolute Gasteiger partial charge is 0.252 e. The van der Waals surface area contributed by atoms with Gasteiger partial charge in [-0.25, -0.2) is 0 Å². The van der Waals surface area contributed by atoms with Gasteiger partial charge in [0, 0.05) is 12.3 Å². The van der Waals surface area contributed by atoms with Crippen molar-refractivity contribution in [1.82, 2.24) is 0 Å². The summed E-state index contributed by atoms with van der Waals surface area (Å²) in [5, 5.41) is 8.61. The average molecular weight is 238 g/mol. The summed E-state index contributed by atoms with van der Waals surface area (Å²) in [4.78, 5) is 11.2. The van der Waals surface area contributed by atoms with E-state index < -0.39 is 5.91 Å². The molecule has 0 saturated heterocycles. The van der Waals surface area contributed by atoms with Crippen LogP contribution in [0, 0.1) is 0 Å². The van der Waals surface area contributed by atoms with Crippen molar-refractivity contribution in [2.24, 2.45) is 5.73 Å². The molecular weight excluding hydrogens is 220 g/mol. The van der Waals surface area contributed by atoms with Gasteiger partial charge in [0.15, 0.2) is 0 Å². The van der Waals surface area contributed by atoms with Gasteiger partial charge < -0.3 is 21.3 Å². The normalized spacial score (nSPS) is 10.2. The lowest BCUT2D eigenvalue weighted by Crippen LogP contribution is -2.14. The first-order valence-electron chi connectivity index (χ1n) is 5.58. The third-order valence-corrected chi connectivity index (χ3v) is 2.33. The molecule has 0 aliphatic heterocycles. The quantitative estimate of drug-likeness (QED) is 0.485. The minimum Gasteiger partial charge on any atom is -0.493 e. The molecule has 0 aliphatic carbocycles. The average Bonchev–Trinajstić information content (AvgIpc) is 2.30. The number of aliphatic hydroxyl groups excluding tert-OH is 1. The van der Waals surface area contributed by atoms with Crippen LogP contribution in [-0.2, 0) is 0 Å².